The van der Waals surface area contributed by atoms with E-state index in [-0.39, 0.29) is 5.91 Å². The van der Waals surface area contributed by atoms with Gasteiger partial charge >= 0.3 is 0 Å². The van der Waals surface area contributed by atoms with Crippen LogP contribution in [0.3, 0.4) is 0 Å². The predicted octanol–water partition coefficient (Wildman–Crippen LogP) is 3.37. The Kier molecular flexibility index (Phi) is 6.81. The van der Waals surface area contributed by atoms with Gasteiger partial charge in [-0.05, 0) is 31.2 Å². The monoisotopic (exact) mass is 331 g/mol. The fraction of sp³-hybridized carbons (Fsp3) is 0.278. The summed E-state index contributed by atoms with van der Waals surface area (Å²) in [6.07, 6.45) is -0.576. The molecule has 0 bridgehead atoms. The van der Waals surface area contributed by atoms with Crippen molar-refractivity contribution >= 4 is 17.7 Å². The number of methoxy groups -OCH3 is 1. The summed E-state index contributed by atoms with van der Waals surface area (Å²) in [5.41, 5.74) is 0. The summed E-state index contributed by atoms with van der Waals surface area (Å²) in [6.45, 7) is 2.32. The van der Waals surface area contributed by atoms with Crippen molar-refractivity contribution in [1.29, 1.82) is 0 Å². The molecule has 0 unspecified atom stereocenters. The molecule has 0 aliphatic heterocycles. The van der Waals surface area contributed by atoms with Crippen molar-refractivity contribution in [3.8, 4) is 11.5 Å². The third-order valence-corrected chi connectivity index (χ3v) is 4.17. The summed E-state index contributed by atoms with van der Waals surface area (Å²) in [4.78, 5) is 13.3. The molecule has 0 heterocycles. The minimum atomic E-state index is -0.576. The summed E-state index contributed by atoms with van der Waals surface area (Å²) >= 11 is 1.71. The topological polar surface area (TPSA) is 47.6 Å². The maximum Gasteiger partial charge on any atom is 0.260 e. The van der Waals surface area contributed by atoms with Crippen molar-refractivity contribution < 1.29 is 14.3 Å². The molecule has 0 saturated heterocycles. The quantitative estimate of drug-likeness (QED) is 0.595. The van der Waals surface area contributed by atoms with Gasteiger partial charge in [-0.1, -0.05) is 30.3 Å². The van der Waals surface area contributed by atoms with Gasteiger partial charge in [0.05, 0.1) is 7.11 Å². The minimum absolute atomic E-state index is 0.135. The Morgan fingerprint density at radius 3 is 2.43 bits per heavy atom. The Morgan fingerprint density at radius 1 is 1.09 bits per heavy atom. The van der Waals surface area contributed by atoms with E-state index in [0.717, 1.165) is 5.75 Å². The average Bonchev–Trinajstić information content (AvgIpc) is 2.60. The van der Waals surface area contributed by atoms with E-state index in [1.54, 1.807) is 37.9 Å². The highest BCUT2D eigenvalue weighted by Crippen LogP contribution is 2.26. The number of amides is 1. The molecule has 0 spiro atoms. The van der Waals surface area contributed by atoms with Crippen LogP contribution in [0.25, 0.3) is 0 Å². The molecule has 0 aromatic heterocycles. The Labute approximate surface area is 141 Å². The van der Waals surface area contributed by atoms with Crippen LogP contribution in [0.1, 0.15) is 6.92 Å². The van der Waals surface area contributed by atoms with Gasteiger partial charge in [-0.3, -0.25) is 4.79 Å². The van der Waals surface area contributed by atoms with Crippen LogP contribution in [0.4, 0.5) is 0 Å². The Hall–Kier alpha value is -2.14. The molecule has 2 rings (SSSR count). The molecule has 1 N–H and O–H groups in total. The zero-order valence-corrected chi connectivity index (χ0v) is 14.1. The molecule has 23 heavy (non-hydrogen) atoms. The van der Waals surface area contributed by atoms with E-state index in [2.05, 4.69) is 17.4 Å². The number of benzene rings is 2. The molecule has 0 radical (unpaired) electrons. The molecule has 0 aliphatic carbocycles. The normalized spacial score (nSPS) is 11.6. The number of thioether (sulfide) groups is 1. The molecule has 1 amide bonds. The number of hydrogen-bond acceptors (Lipinski definition) is 4. The fourth-order valence-corrected chi connectivity index (χ4v) is 2.75. The van der Waals surface area contributed by atoms with Crippen molar-refractivity contribution in [3.05, 3.63) is 54.6 Å². The maximum atomic E-state index is 12.1. The van der Waals surface area contributed by atoms with E-state index in [9.17, 15) is 4.79 Å². The van der Waals surface area contributed by atoms with Crippen LogP contribution in [0.5, 0.6) is 11.5 Å². The second kappa shape index (κ2) is 9.10. The van der Waals surface area contributed by atoms with Crippen molar-refractivity contribution in [1.82, 2.24) is 5.32 Å². The molecule has 4 nitrogen and oxygen atoms in total. The number of rotatable bonds is 8. The lowest BCUT2D eigenvalue weighted by Crippen LogP contribution is -2.37. The molecule has 5 heteroatoms. The van der Waals surface area contributed by atoms with Crippen molar-refractivity contribution in [3.63, 3.8) is 0 Å². The smallest absolute Gasteiger partial charge is 0.260 e. The Morgan fingerprint density at radius 2 is 1.74 bits per heavy atom. The van der Waals surface area contributed by atoms with Crippen LogP contribution < -0.4 is 14.8 Å². The van der Waals surface area contributed by atoms with Gasteiger partial charge in [0.25, 0.3) is 5.91 Å². The number of ether oxygens (including phenoxy) is 2. The van der Waals surface area contributed by atoms with Gasteiger partial charge in [0.15, 0.2) is 17.6 Å². The summed E-state index contributed by atoms with van der Waals surface area (Å²) in [5, 5.41) is 2.88. The van der Waals surface area contributed by atoms with Gasteiger partial charge in [0, 0.05) is 17.2 Å². The summed E-state index contributed by atoms with van der Waals surface area (Å²) < 4.78 is 10.9. The van der Waals surface area contributed by atoms with Crippen LogP contribution >= 0.6 is 11.8 Å². The van der Waals surface area contributed by atoms with E-state index < -0.39 is 6.10 Å². The highest BCUT2D eigenvalue weighted by atomic mass is 32.2. The average molecular weight is 331 g/mol. The van der Waals surface area contributed by atoms with Crippen molar-refractivity contribution in [2.24, 2.45) is 0 Å². The van der Waals surface area contributed by atoms with E-state index in [0.29, 0.717) is 18.0 Å². The van der Waals surface area contributed by atoms with Crippen LogP contribution in [0, 0.1) is 0 Å². The molecule has 122 valence electrons. The number of hydrogen-bond donors (Lipinski definition) is 1. The second-order valence-corrected chi connectivity index (χ2v) is 6.03. The van der Waals surface area contributed by atoms with Crippen molar-refractivity contribution in [2.75, 3.05) is 19.4 Å². The summed E-state index contributed by atoms with van der Waals surface area (Å²) in [5.74, 6) is 1.87. The van der Waals surface area contributed by atoms with Gasteiger partial charge in [-0.25, -0.2) is 0 Å². The van der Waals surface area contributed by atoms with Gasteiger partial charge in [-0.2, -0.15) is 0 Å². The fourth-order valence-electron chi connectivity index (χ4n) is 1.96. The van der Waals surface area contributed by atoms with E-state index in [1.807, 2.05) is 30.3 Å². The molecule has 0 saturated carbocycles. The molecule has 0 fully saturated rings. The minimum Gasteiger partial charge on any atom is -0.493 e. The molecular weight excluding hydrogens is 310 g/mol. The first kappa shape index (κ1) is 17.2. The largest absolute Gasteiger partial charge is 0.493 e. The molecular formula is C18H21NO3S. The first-order chi connectivity index (χ1) is 11.2. The molecule has 0 aliphatic rings. The van der Waals surface area contributed by atoms with Crippen molar-refractivity contribution in [2.45, 2.75) is 17.9 Å². The lowest BCUT2D eigenvalue weighted by atomic mass is 10.3. The lowest BCUT2D eigenvalue weighted by Gasteiger charge is -2.16. The third kappa shape index (κ3) is 5.53. The van der Waals surface area contributed by atoms with Gasteiger partial charge in [0.1, 0.15) is 0 Å². The summed E-state index contributed by atoms with van der Waals surface area (Å²) in [7, 11) is 1.58. The number of carbonyl (C=O) groups excluding carboxylic acids is 1. The SMILES string of the molecule is COc1ccccc1O[C@H](C)C(=O)NCCSc1ccccc1. The van der Waals surface area contributed by atoms with E-state index in [1.165, 1.54) is 4.90 Å². The van der Waals surface area contributed by atoms with E-state index >= 15 is 0 Å². The van der Waals surface area contributed by atoms with Gasteiger partial charge in [0.2, 0.25) is 0 Å². The van der Waals surface area contributed by atoms with Crippen LogP contribution in [0.2, 0.25) is 0 Å². The number of carbonyl (C=O) groups is 1. The first-order valence-corrected chi connectivity index (χ1v) is 8.44. The van der Waals surface area contributed by atoms with Gasteiger partial charge < -0.3 is 14.8 Å². The van der Waals surface area contributed by atoms with Crippen LogP contribution in [0.15, 0.2) is 59.5 Å². The molecule has 2 aromatic carbocycles. The highest BCUT2D eigenvalue weighted by molar-refractivity contribution is 7.99. The Balaban J connectivity index is 1.74. The van der Waals surface area contributed by atoms with Crippen LogP contribution in [-0.4, -0.2) is 31.4 Å². The maximum absolute atomic E-state index is 12.1. The predicted molar refractivity (Wildman–Crippen MR) is 93.3 cm³/mol. The molecule has 2 aromatic rings. The number of para-hydroxylation sites is 2. The summed E-state index contributed by atoms with van der Waals surface area (Å²) in [6, 6.07) is 17.4. The lowest BCUT2D eigenvalue weighted by molar-refractivity contribution is -0.127. The second-order valence-electron chi connectivity index (χ2n) is 4.86. The van der Waals surface area contributed by atoms with Crippen LogP contribution in [-0.2, 0) is 4.79 Å². The standard InChI is InChI=1S/C18H21NO3S/c1-14(22-17-11-7-6-10-16(17)21-2)18(20)19-12-13-23-15-8-4-3-5-9-15/h3-11,14H,12-13H2,1-2H3,(H,19,20)/t14-/m1/s1. The third-order valence-electron chi connectivity index (χ3n) is 3.16. The van der Waals surface area contributed by atoms with Gasteiger partial charge in [-0.15, -0.1) is 11.8 Å². The first-order valence-electron chi connectivity index (χ1n) is 7.46. The molecule has 1 atom stereocenters. The zero-order chi connectivity index (χ0) is 16.5. The highest BCUT2D eigenvalue weighted by Gasteiger charge is 2.15. The Bertz CT molecular complexity index is 619. The zero-order valence-electron chi connectivity index (χ0n) is 13.3. The van der Waals surface area contributed by atoms with E-state index in [4.69, 9.17) is 9.47 Å². The number of nitrogens with one attached hydrogen (secondary N) is 1.